The van der Waals surface area contributed by atoms with Crippen molar-refractivity contribution >= 4 is 5.78 Å². The summed E-state index contributed by atoms with van der Waals surface area (Å²) in [5.74, 6) is 0.716. The van der Waals surface area contributed by atoms with Crippen LogP contribution in [0.3, 0.4) is 0 Å². The van der Waals surface area contributed by atoms with Crippen LogP contribution in [0.1, 0.15) is 59.2 Å². The Bertz CT molecular complexity index is 629. The summed E-state index contributed by atoms with van der Waals surface area (Å²) in [6, 6.07) is 9.93. The molecule has 0 spiro atoms. The number of nitrogens with zero attached hydrogens (tertiary/aromatic N) is 1. The van der Waals surface area contributed by atoms with E-state index in [1.807, 2.05) is 24.3 Å². The predicted octanol–water partition coefficient (Wildman–Crippen LogP) is 4.14. The molecule has 3 rings (SSSR count). The number of rotatable bonds is 4. The van der Waals surface area contributed by atoms with Gasteiger partial charge in [-0.1, -0.05) is 37.6 Å². The van der Waals surface area contributed by atoms with E-state index in [-0.39, 0.29) is 5.78 Å². The van der Waals surface area contributed by atoms with Crippen molar-refractivity contribution in [2.75, 3.05) is 0 Å². The second-order valence-corrected chi connectivity index (χ2v) is 5.43. The number of carbonyl (C=O) groups excluding carboxylic acids is 1. The van der Waals surface area contributed by atoms with Gasteiger partial charge in [0.25, 0.3) is 0 Å². The molecule has 1 aromatic heterocycles. The molecule has 2 nitrogen and oxygen atoms in total. The van der Waals surface area contributed by atoms with Gasteiger partial charge in [0.1, 0.15) is 0 Å². The van der Waals surface area contributed by atoms with Crippen molar-refractivity contribution in [2.24, 2.45) is 0 Å². The minimum atomic E-state index is 0.145. The highest BCUT2D eigenvalue weighted by Gasteiger charge is 2.25. The summed E-state index contributed by atoms with van der Waals surface area (Å²) in [5, 5.41) is 0. The fourth-order valence-electron chi connectivity index (χ4n) is 2.85. The second-order valence-electron chi connectivity index (χ2n) is 5.43. The average Bonchev–Trinajstić information content (AvgIpc) is 2.45. The van der Waals surface area contributed by atoms with Crippen molar-refractivity contribution in [3.63, 3.8) is 0 Å². The van der Waals surface area contributed by atoms with Gasteiger partial charge in [0, 0.05) is 23.5 Å². The molecule has 0 aliphatic heterocycles. The Balaban J connectivity index is 2.02. The molecule has 2 aromatic rings. The monoisotopic (exact) mass is 265 g/mol. The number of pyridine rings is 1. The predicted molar refractivity (Wildman–Crippen MR) is 80.1 cm³/mol. The van der Waals surface area contributed by atoms with E-state index in [0.29, 0.717) is 5.92 Å². The van der Waals surface area contributed by atoms with E-state index in [9.17, 15) is 4.79 Å². The summed E-state index contributed by atoms with van der Waals surface area (Å²) in [5.41, 5.74) is 3.93. The molecular formula is C18H19NO. The summed E-state index contributed by atoms with van der Waals surface area (Å²) in [6.45, 7) is 2.06. The number of benzene rings is 1. The number of aromatic nitrogens is 1. The van der Waals surface area contributed by atoms with E-state index < -0.39 is 0 Å². The lowest BCUT2D eigenvalue weighted by molar-refractivity contribution is 0.103. The lowest BCUT2D eigenvalue weighted by Gasteiger charge is -2.27. The fraction of sp³-hybridized carbons (Fsp3) is 0.333. The molecular weight excluding hydrogens is 246 g/mol. The molecule has 0 amide bonds. The minimum absolute atomic E-state index is 0.145. The highest BCUT2D eigenvalue weighted by atomic mass is 16.1. The van der Waals surface area contributed by atoms with Crippen molar-refractivity contribution < 1.29 is 4.79 Å². The molecule has 1 aliphatic carbocycles. The zero-order valence-electron chi connectivity index (χ0n) is 11.8. The molecule has 0 unspecified atom stereocenters. The van der Waals surface area contributed by atoms with E-state index in [4.69, 9.17) is 0 Å². The molecule has 102 valence electrons. The Morgan fingerprint density at radius 1 is 1.20 bits per heavy atom. The van der Waals surface area contributed by atoms with Crippen molar-refractivity contribution in [1.82, 2.24) is 4.98 Å². The number of carbonyl (C=O) groups is 1. The quantitative estimate of drug-likeness (QED) is 0.778. The van der Waals surface area contributed by atoms with Gasteiger partial charge in [-0.3, -0.25) is 9.78 Å². The van der Waals surface area contributed by atoms with Gasteiger partial charge in [-0.25, -0.2) is 0 Å². The third-order valence-corrected chi connectivity index (χ3v) is 4.28. The number of ketones is 1. The molecule has 1 saturated carbocycles. The summed E-state index contributed by atoms with van der Waals surface area (Å²) in [6.07, 6.45) is 8.04. The van der Waals surface area contributed by atoms with Crippen LogP contribution in [0.4, 0.5) is 0 Å². The normalized spacial score (nSPS) is 14.8. The van der Waals surface area contributed by atoms with Gasteiger partial charge >= 0.3 is 0 Å². The minimum Gasteiger partial charge on any atom is -0.289 e. The van der Waals surface area contributed by atoms with Crippen LogP contribution in [0.25, 0.3) is 0 Å². The maximum Gasteiger partial charge on any atom is 0.193 e. The fourth-order valence-corrected chi connectivity index (χ4v) is 2.85. The smallest absolute Gasteiger partial charge is 0.193 e. The van der Waals surface area contributed by atoms with Gasteiger partial charge in [-0.15, -0.1) is 0 Å². The molecule has 1 aliphatic rings. The van der Waals surface area contributed by atoms with Gasteiger partial charge < -0.3 is 0 Å². The number of aryl methyl sites for hydroxylation is 1. The molecule has 2 heteroatoms. The van der Waals surface area contributed by atoms with Crippen LogP contribution in [-0.4, -0.2) is 10.8 Å². The molecule has 0 saturated heterocycles. The maximum atomic E-state index is 12.9. The van der Waals surface area contributed by atoms with E-state index >= 15 is 0 Å². The van der Waals surface area contributed by atoms with Crippen molar-refractivity contribution in [3.05, 3.63) is 65.0 Å². The first-order valence-electron chi connectivity index (χ1n) is 7.37. The van der Waals surface area contributed by atoms with Gasteiger partial charge in [0.05, 0.1) is 0 Å². The van der Waals surface area contributed by atoms with Crippen LogP contribution in [0, 0.1) is 0 Å². The Hall–Kier alpha value is -1.96. The van der Waals surface area contributed by atoms with Crippen LogP contribution >= 0.6 is 0 Å². The lowest BCUT2D eigenvalue weighted by Crippen LogP contribution is -2.15. The first-order chi connectivity index (χ1) is 9.81. The van der Waals surface area contributed by atoms with Gasteiger partial charge in [-0.2, -0.15) is 0 Å². The molecule has 0 atom stereocenters. The average molecular weight is 265 g/mol. The van der Waals surface area contributed by atoms with Gasteiger partial charge in [-0.05, 0) is 42.4 Å². The molecule has 1 fully saturated rings. The molecule has 20 heavy (non-hydrogen) atoms. The maximum absolute atomic E-state index is 12.9. The molecule has 0 N–H and O–H groups in total. The standard InChI is InChI=1S/C18H19NO/c1-2-13-12-19-11-10-16(13)18(20)17-9-4-3-8-15(17)14-6-5-7-14/h3-4,8-12,14H,2,5-7H2,1H3. The third kappa shape index (κ3) is 2.26. The van der Waals surface area contributed by atoms with Gasteiger partial charge in [0.2, 0.25) is 0 Å². The highest BCUT2D eigenvalue weighted by molar-refractivity contribution is 6.10. The Morgan fingerprint density at radius 3 is 2.70 bits per heavy atom. The van der Waals surface area contributed by atoms with Crippen LogP contribution < -0.4 is 0 Å². The molecule has 1 heterocycles. The topological polar surface area (TPSA) is 30.0 Å². The van der Waals surface area contributed by atoms with Crippen LogP contribution in [0.2, 0.25) is 0 Å². The zero-order valence-corrected chi connectivity index (χ0v) is 11.8. The molecule has 1 aromatic carbocycles. The summed E-state index contributed by atoms with van der Waals surface area (Å²) < 4.78 is 0. The number of hydrogen-bond donors (Lipinski definition) is 0. The third-order valence-electron chi connectivity index (χ3n) is 4.28. The van der Waals surface area contributed by atoms with Crippen LogP contribution in [-0.2, 0) is 6.42 Å². The summed E-state index contributed by atoms with van der Waals surface area (Å²) >= 11 is 0. The zero-order chi connectivity index (χ0) is 13.9. The Morgan fingerprint density at radius 2 is 2.00 bits per heavy atom. The van der Waals surface area contributed by atoms with Crippen LogP contribution in [0.15, 0.2) is 42.7 Å². The molecule has 0 bridgehead atoms. The van der Waals surface area contributed by atoms with Crippen molar-refractivity contribution in [3.8, 4) is 0 Å². The van der Waals surface area contributed by atoms with E-state index in [1.165, 1.54) is 24.8 Å². The first kappa shape index (κ1) is 13.0. The van der Waals surface area contributed by atoms with E-state index in [1.54, 1.807) is 12.4 Å². The Labute approximate surface area is 119 Å². The largest absolute Gasteiger partial charge is 0.289 e. The SMILES string of the molecule is CCc1cnccc1C(=O)c1ccccc1C1CCC1. The van der Waals surface area contributed by atoms with Gasteiger partial charge in [0.15, 0.2) is 5.78 Å². The molecule has 0 radical (unpaired) electrons. The van der Waals surface area contributed by atoms with E-state index in [2.05, 4.69) is 18.0 Å². The summed E-state index contributed by atoms with van der Waals surface area (Å²) in [4.78, 5) is 17.0. The van der Waals surface area contributed by atoms with Crippen molar-refractivity contribution in [2.45, 2.75) is 38.5 Å². The van der Waals surface area contributed by atoms with Crippen molar-refractivity contribution in [1.29, 1.82) is 0 Å². The lowest BCUT2D eigenvalue weighted by atomic mass is 9.77. The van der Waals surface area contributed by atoms with E-state index in [0.717, 1.165) is 23.1 Å². The van der Waals surface area contributed by atoms with Crippen LogP contribution in [0.5, 0.6) is 0 Å². The first-order valence-corrected chi connectivity index (χ1v) is 7.37. The Kier molecular flexibility index (Phi) is 3.64. The highest BCUT2D eigenvalue weighted by Crippen LogP contribution is 2.38. The second kappa shape index (κ2) is 5.58. The summed E-state index contributed by atoms with van der Waals surface area (Å²) in [7, 11) is 0. The number of hydrogen-bond acceptors (Lipinski definition) is 2.